The van der Waals surface area contributed by atoms with E-state index in [0.29, 0.717) is 12.5 Å². The van der Waals surface area contributed by atoms with Crippen molar-refractivity contribution in [1.82, 2.24) is 15.2 Å². The zero-order valence-electron chi connectivity index (χ0n) is 14.9. The van der Waals surface area contributed by atoms with E-state index in [1.54, 1.807) is 17.5 Å². The number of rotatable bonds is 6. The Balaban J connectivity index is 1.37. The van der Waals surface area contributed by atoms with Crippen molar-refractivity contribution in [2.75, 3.05) is 13.1 Å². The maximum atomic E-state index is 12.8. The second-order valence-electron chi connectivity index (χ2n) is 7.35. The molecule has 2 fully saturated rings. The summed E-state index contributed by atoms with van der Waals surface area (Å²) in [5.41, 5.74) is -0.129. The van der Waals surface area contributed by atoms with Gasteiger partial charge in [0.25, 0.3) is 5.91 Å². The highest BCUT2D eigenvalue weighted by Gasteiger charge is 2.49. The number of carbonyl (C=O) groups is 2. The number of nitrogens with zero attached hydrogens (tertiary/aromatic N) is 2. The summed E-state index contributed by atoms with van der Waals surface area (Å²) in [7, 11) is 0. The van der Waals surface area contributed by atoms with Gasteiger partial charge in [-0.1, -0.05) is 6.92 Å². The van der Waals surface area contributed by atoms with E-state index < -0.39 is 0 Å². The molecule has 1 saturated heterocycles. The number of amides is 2. The molecule has 2 amide bonds. The van der Waals surface area contributed by atoms with Crippen molar-refractivity contribution in [3.63, 3.8) is 0 Å². The Morgan fingerprint density at radius 3 is 2.96 bits per heavy atom. The van der Waals surface area contributed by atoms with Crippen LogP contribution in [0, 0.1) is 5.41 Å². The molecule has 2 aromatic rings. The van der Waals surface area contributed by atoms with Gasteiger partial charge in [0.2, 0.25) is 5.91 Å². The molecule has 0 aromatic carbocycles. The van der Waals surface area contributed by atoms with Crippen molar-refractivity contribution in [3.8, 4) is 0 Å². The van der Waals surface area contributed by atoms with Crippen molar-refractivity contribution in [1.29, 1.82) is 0 Å². The first-order valence-corrected chi connectivity index (χ1v) is 10.8. The standard InChI is InChI=1S/C19H23N3O2S2/c1-19(7-8-19)18(24)22-11-2-3-13(22)14-4-5-15(26-14)17(23)21-9-6-16-20-10-12-25-16/h4-5,10,12-13H,2-3,6-9,11H2,1H3,(H,21,23). The van der Waals surface area contributed by atoms with Gasteiger partial charge in [0.1, 0.15) is 0 Å². The molecule has 1 N–H and O–H groups in total. The Kier molecular flexibility index (Phi) is 4.84. The molecule has 4 rings (SSSR count). The topological polar surface area (TPSA) is 62.3 Å². The van der Waals surface area contributed by atoms with Gasteiger partial charge in [-0.25, -0.2) is 4.98 Å². The van der Waals surface area contributed by atoms with E-state index in [0.717, 1.165) is 53.4 Å². The summed E-state index contributed by atoms with van der Waals surface area (Å²) < 4.78 is 0. The van der Waals surface area contributed by atoms with E-state index in [-0.39, 0.29) is 17.4 Å². The molecule has 7 heteroatoms. The lowest BCUT2D eigenvalue weighted by Crippen LogP contribution is -2.35. The van der Waals surface area contributed by atoms with Crippen LogP contribution in [0.15, 0.2) is 23.7 Å². The van der Waals surface area contributed by atoms with Crippen LogP contribution in [0.2, 0.25) is 0 Å². The first-order valence-electron chi connectivity index (χ1n) is 9.14. The number of aromatic nitrogens is 1. The van der Waals surface area contributed by atoms with Gasteiger partial charge in [0.15, 0.2) is 0 Å². The van der Waals surface area contributed by atoms with Crippen molar-refractivity contribution < 1.29 is 9.59 Å². The van der Waals surface area contributed by atoms with Gasteiger partial charge in [-0.3, -0.25) is 9.59 Å². The predicted octanol–water partition coefficient (Wildman–Crippen LogP) is 3.64. The molecule has 26 heavy (non-hydrogen) atoms. The van der Waals surface area contributed by atoms with Gasteiger partial charge in [0, 0.05) is 41.4 Å². The molecule has 1 saturated carbocycles. The molecule has 0 spiro atoms. The fourth-order valence-corrected chi connectivity index (χ4v) is 5.15. The number of carbonyl (C=O) groups excluding carboxylic acids is 2. The van der Waals surface area contributed by atoms with Crippen LogP contribution in [0.4, 0.5) is 0 Å². The first kappa shape index (κ1) is 17.7. The summed E-state index contributed by atoms with van der Waals surface area (Å²) in [6.45, 7) is 3.50. The van der Waals surface area contributed by atoms with Gasteiger partial charge in [-0.15, -0.1) is 22.7 Å². The molecule has 0 radical (unpaired) electrons. The van der Waals surface area contributed by atoms with Gasteiger partial charge in [-0.2, -0.15) is 0 Å². The van der Waals surface area contributed by atoms with Crippen molar-refractivity contribution in [2.24, 2.45) is 5.41 Å². The van der Waals surface area contributed by atoms with E-state index in [1.165, 1.54) is 11.3 Å². The summed E-state index contributed by atoms with van der Waals surface area (Å²) in [6.07, 6.45) is 6.58. The third kappa shape index (κ3) is 3.55. The molecular weight excluding hydrogens is 366 g/mol. The number of thiophene rings is 1. The number of hydrogen-bond acceptors (Lipinski definition) is 5. The van der Waals surface area contributed by atoms with E-state index in [2.05, 4.69) is 17.2 Å². The molecule has 2 aromatic heterocycles. The molecule has 1 aliphatic carbocycles. The van der Waals surface area contributed by atoms with Crippen LogP contribution in [0.5, 0.6) is 0 Å². The number of hydrogen-bond donors (Lipinski definition) is 1. The predicted molar refractivity (Wildman–Crippen MR) is 103 cm³/mol. The summed E-state index contributed by atoms with van der Waals surface area (Å²) in [5.74, 6) is 0.255. The van der Waals surface area contributed by atoms with Crippen molar-refractivity contribution in [3.05, 3.63) is 38.5 Å². The number of thiazole rings is 1. The molecule has 3 heterocycles. The molecule has 1 atom stereocenters. The summed E-state index contributed by atoms with van der Waals surface area (Å²) in [6, 6.07) is 4.05. The zero-order chi connectivity index (χ0) is 18.1. The average Bonchev–Trinajstić information content (AvgIpc) is 3.14. The van der Waals surface area contributed by atoms with Crippen molar-refractivity contribution in [2.45, 2.75) is 45.1 Å². The van der Waals surface area contributed by atoms with Crippen LogP contribution in [0.1, 0.15) is 58.2 Å². The Morgan fingerprint density at radius 1 is 1.38 bits per heavy atom. The van der Waals surface area contributed by atoms with E-state index in [9.17, 15) is 9.59 Å². The zero-order valence-corrected chi connectivity index (χ0v) is 16.5. The highest BCUT2D eigenvalue weighted by atomic mass is 32.1. The van der Waals surface area contributed by atoms with E-state index in [4.69, 9.17) is 0 Å². The Hall–Kier alpha value is -1.73. The van der Waals surface area contributed by atoms with Crippen LogP contribution in [-0.2, 0) is 11.2 Å². The molecule has 1 aliphatic heterocycles. The third-order valence-electron chi connectivity index (χ3n) is 5.32. The Bertz CT molecular complexity index is 796. The van der Waals surface area contributed by atoms with Gasteiger partial charge in [0.05, 0.1) is 15.9 Å². The summed E-state index contributed by atoms with van der Waals surface area (Å²) >= 11 is 3.12. The molecule has 1 unspecified atom stereocenters. The minimum Gasteiger partial charge on any atom is -0.351 e. The van der Waals surface area contributed by atoms with Gasteiger partial charge in [-0.05, 0) is 37.8 Å². The second kappa shape index (κ2) is 7.12. The maximum Gasteiger partial charge on any atom is 0.261 e. The first-order chi connectivity index (χ1) is 12.6. The Labute approximate surface area is 161 Å². The number of likely N-dealkylation sites (tertiary alicyclic amines) is 1. The van der Waals surface area contributed by atoms with Crippen LogP contribution in [0.3, 0.4) is 0 Å². The smallest absolute Gasteiger partial charge is 0.261 e. The largest absolute Gasteiger partial charge is 0.351 e. The van der Waals surface area contributed by atoms with E-state index >= 15 is 0 Å². The van der Waals surface area contributed by atoms with E-state index in [1.807, 2.05) is 22.4 Å². The molecular formula is C19H23N3O2S2. The minimum atomic E-state index is -0.129. The summed E-state index contributed by atoms with van der Waals surface area (Å²) in [5, 5.41) is 5.94. The van der Waals surface area contributed by atoms with Gasteiger partial charge < -0.3 is 10.2 Å². The molecule has 0 bridgehead atoms. The number of nitrogens with one attached hydrogen (secondary N) is 1. The Morgan fingerprint density at radius 2 is 2.23 bits per heavy atom. The van der Waals surface area contributed by atoms with Gasteiger partial charge >= 0.3 is 0 Å². The normalized spacial score (nSPS) is 21.0. The molecule has 2 aliphatic rings. The maximum absolute atomic E-state index is 12.8. The monoisotopic (exact) mass is 389 g/mol. The van der Waals surface area contributed by atoms with Crippen LogP contribution in [0.25, 0.3) is 0 Å². The minimum absolute atomic E-state index is 0.0390. The van der Waals surface area contributed by atoms with Crippen LogP contribution in [-0.4, -0.2) is 34.8 Å². The van der Waals surface area contributed by atoms with Crippen molar-refractivity contribution >= 4 is 34.5 Å². The van der Waals surface area contributed by atoms with Crippen LogP contribution >= 0.6 is 22.7 Å². The lowest BCUT2D eigenvalue weighted by molar-refractivity contribution is -0.137. The lowest BCUT2D eigenvalue weighted by atomic mass is 10.1. The lowest BCUT2D eigenvalue weighted by Gasteiger charge is -2.26. The fourth-order valence-electron chi connectivity index (χ4n) is 3.45. The average molecular weight is 390 g/mol. The molecule has 138 valence electrons. The third-order valence-corrected chi connectivity index (χ3v) is 7.34. The quantitative estimate of drug-likeness (QED) is 0.820. The van der Waals surface area contributed by atoms with Crippen LogP contribution < -0.4 is 5.32 Å². The highest BCUT2D eigenvalue weighted by molar-refractivity contribution is 7.14. The molecule has 5 nitrogen and oxygen atoms in total. The second-order valence-corrected chi connectivity index (χ2v) is 9.45. The summed E-state index contributed by atoms with van der Waals surface area (Å²) in [4.78, 5) is 33.3. The SMILES string of the molecule is CC1(C(=O)N2CCCC2c2ccc(C(=O)NCCc3nccs3)s2)CC1. The highest BCUT2D eigenvalue weighted by Crippen LogP contribution is 2.49. The fraction of sp³-hybridized carbons (Fsp3) is 0.526.